The van der Waals surface area contributed by atoms with Crippen LogP contribution in [0, 0.1) is 11.8 Å². The summed E-state index contributed by atoms with van der Waals surface area (Å²) in [7, 11) is 0. The fourth-order valence-corrected chi connectivity index (χ4v) is 3.05. The highest BCUT2D eigenvalue weighted by Gasteiger charge is 2.34. The molecular weight excluding hydrogens is 264 g/mol. The lowest BCUT2D eigenvalue weighted by Crippen LogP contribution is -2.41. The number of hydrogen-bond donors (Lipinski definition) is 1. The first-order chi connectivity index (χ1) is 10.1. The standard InChI is InChI=1S/C18H26O3/c1-13(2)16(19)17(14-9-5-3-6-10-14)21-18(20)15-11-7-4-8-12-15/h4,7-8,11-14,16-17,19H,3,5-6,9-10H2,1-2H3/t16-,17-/m0/s1. The van der Waals surface area contributed by atoms with Crippen LogP contribution in [0.15, 0.2) is 30.3 Å². The molecule has 1 aromatic carbocycles. The quantitative estimate of drug-likeness (QED) is 0.839. The van der Waals surface area contributed by atoms with E-state index in [1.54, 1.807) is 12.1 Å². The summed E-state index contributed by atoms with van der Waals surface area (Å²) >= 11 is 0. The predicted molar refractivity (Wildman–Crippen MR) is 83.1 cm³/mol. The first-order valence-electron chi connectivity index (χ1n) is 8.03. The van der Waals surface area contributed by atoms with Crippen molar-refractivity contribution in [3.63, 3.8) is 0 Å². The maximum Gasteiger partial charge on any atom is 0.338 e. The largest absolute Gasteiger partial charge is 0.456 e. The highest BCUT2D eigenvalue weighted by Crippen LogP contribution is 2.31. The van der Waals surface area contributed by atoms with Gasteiger partial charge in [-0.15, -0.1) is 0 Å². The second kappa shape index (κ2) is 7.60. The van der Waals surface area contributed by atoms with Crippen molar-refractivity contribution in [3.05, 3.63) is 35.9 Å². The normalized spacial score (nSPS) is 19.2. The van der Waals surface area contributed by atoms with E-state index in [2.05, 4.69) is 0 Å². The van der Waals surface area contributed by atoms with Gasteiger partial charge >= 0.3 is 5.97 Å². The number of hydrogen-bond acceptors (Lipinski definition) is 3. The summed E-state index contributed by atoms with van der Waals surface area (Å²) in [5, 5.41) is 10.5. The average molecular weight is 290 g/mol. The van der Waals surface area contributed by atoms with Crippen LogP contribution >= 0.6 is 0 Å². The summed E-state index contributed by atoms with van der Waals surface area (Å²) in [6, 6.07) is 9.03. The Morgan fingerprint density at radius 2 is 1.76 bits per heavy atom. The predicted octanol–water partition coefficient (Wildman–Crippen LogP) is 3.81. The smallest absolute Gasteiger partial charge is 0.338 e. The van der Waals surface area contributed by atoms with Crippen molar-refractivity contribution >= 4 is 5.97 Å². The molecule has 1 aromatic rings. The molecule has 0 spiro atoms. The van der Waals surface area contributed by atoms with Gasteiger partial charge in [0.1, 0.15) is 6.10 Å². The third kappa shape index (κ3) is 4.31. The van der Waals surface area contributed by atoms with Gasteiger partial charge in [0.05, 0.1) is 11.7 Å². The van der Waals surface area contributed by atoms with E-state index in [-0.39, 0.29) is 17.8 Å². The molecular formula is C18H26O3. The van der Waals surface area contributed by atoms with Crippen LogP contribution in [0.5, 0.6) is 0 Å². The van der Waals surface area contributed by atoms with Gasteiger partial charge in [-0.2, -0.15) is 0 Å². The summed E-state index contributed by atoms with van der Waals surface area (Å²) in [4.78, 5) is 12.3. The van der Waals surface area contributed by atoms with Crippen LogP contribution in [-0.2, 0) is 4.74 Å². The molecule has 2 rings (SSSR count). The minimum Gasteiger partial charge on any atom is -0.456 e. The van der Waals surface area contributed by atoms with Crippen molar-refractivity contribution in [1.82, 2.24) is 0 Å². The van der Waals surface area contributed by atoms with Crippen LogP contribution < -0.4 is 0 Å². The Bertz CT molecular complexity index is 435. The van der Waals surface area contributed by atoms with E-state index in [1.807, 2.05) is 32.0 Å². The average Bonchev–Trinajstić information content (AvgIpc) is 2.53. The number of esters is 1. The molecule has 0 amide bonds. The van der Waals surface area contributed by atoms with E-state index in [0.29, 0.717) is 5.56 Å². The van der Waals surface area contributed by atoms with Crippen LogP contribution in [0.2, 0.25) is 0 Å². The molecule has 3 nitrogen and oxygen atoms in total. The maximum atomic E-state index is 12.3. The highest BCUT2D eigenvalue weighted by atomic mass is 16.6. The number of carbonyl (C=O) groups excluding carboxylic acids is 1. The van der Waals surface area contributed by atoms with Gasteiger partial charge in [0.15, 0.2) is 0 Å². The first-order valence-corrected chi connectivity index (χ1v) is 8.03. The molecule has 1 N–H and O–H groups in total. The molecule has 2 atom stereocenters. The van der Waals surface area contributed by atoms with Crippen LogP contribution in [0.3, 0.4) is 0 Å². The molecule has 0 saturated heterocycles. The van der Waals surface area contributed by atoms with Gasteiger partial charge in [0.25, 0.3) is 0 Å². The molecule has 0 unspecified atom stereocenters. The lowest BCUT2D eigenvalue weighted by molar-refractivity contribution is -0.0656. The molecule has 1 aliphatic rings. The van der Waals surface area contributed by atoms with Crippen LogP contribution in [-0.4, -0.2) is 23.3 Å². The van der Waals surface area contributed by atoms with E-state index in [1.165, 1.54) is 6.42 Å². The Labute approximate surface area is 127 Å². The molecule has 1 aliphatic carbocycles. The topological polar surface area (TPSA) is 46.5 Å². The Morgan fingerprint density at radius 3 is 2.33 bits per heavy atom. The van der Waals surface area contributed by atoms with E-state index < -0.39 is 12.2 Å². The number of rotatable bonds is 5. The van der Waals surface area contributed by atoms with E-state index in [9.17, 15) is 9.90 Å². The number of ether oxygens (including phenoxy) is 1. The monoisotopic (exact) mass is 290 g/mol. The number of aliphatic hydroxyl groups excluding tert-OH is 1. The zero-order chi connectivity index (χ0) is 15.2. The van der Waals surface area contributed by atoms with Crippen molar-refractivity contribution in [3.8, 4) is 0 Å². The van der Waals surface area contributed by atoms with Gasteiger partial charge in [-0.05, 0) is 36.8 Å². The molecule has 0 radical (unpaired) electrons. The number of carbonyl (C=O) groups is 1. The van der Waals surface area contributed by atoms with Gasteiger partial charge in [0.2, 0.25) is 0 Å². The molecule has 3 heteroatoms. The Hall–Kier alpha value is -1.35. The lowest BCUT2D eigenvalue weighted by atomic mass is 9.81. The summed E-state index contributed by atoms with van der Waals surface area (Å²) in [5.74, 6) is 0.0372. The summed E-state index contributed by atoms with van der Waals surface area (Å²) in [5.41, 5.74) is 0.550. The second-order valence-corrected chi connectivity index (χ2v) is 6.37. The molecule has 1 saturated carbocycles. The molecule has 21 heavy (non-hydrogen) atoms. The van der Waals surface area contributed by atoms with Crippen molar-refractivity contribution in [2.45, 2.75) is 58.2 Å². The second-order valence-electron chi connectivity index (χ2n) is 6.37. The van der Waals surface area contributed by atoms with Crippen LogP contribution in [0.25, 0.3) is 0 Å². The Kier molecular flexibility index (Phi) is 5.80. The zero-order valence-electron chi connectivity index (χ0n) is 13.0. The highest BCUT2D eigenvalue weighted by molar-refractivity contribution is 5.89. The first kappa shape index (κ1) is 16.0. The molecule has 0 aliphatic heterocycles. The molecule has 0 bridgehead atoms. The summed E-state index contributed by atoms with van der Waals surface area (Å²) < 4.78 is 5.71. The molecule has 0 aromatic heterocycles. The lowest BCUT2D eigenvalue weighted by Gasteiger charge is -2.34. The Balaban J connectivity index is 2.09. The Morgan fingerprint density at radius 1 is 1.14 bits per heavy atom. The fraction of sp³-hybridized carbons (Fsp3) is 0.611. The third-order valence-corrected chi connectivity index (χ3v) is 4.39. The maximum absolute atomic E-state index is 12.3. The fourth-order valence-electron chi connectivity index (χ4n) is 3.05. The van der Waals surface area contributed by atoms with Gasteiger partial charge in [0, 0.05) is 0 Å². The van der Waals surface area contributed by atoms with Crippen molar-refractivity contribution < 1.29 is 14.6 Å². The van der Waals surface area contributed by atoms with Gasteiger partial charge < -0.3 is 9.84 Å². The van der Waals surface area contributed by atoms with Crippen molar-refractivity contribution in [2.75, 3.05) is 0 Å². The zero-order valence-corrected chi connectivity index (χ0v) is 13.0. The minimum atomic E-state index is -0.597. The van der Waals surface area contributed by atoms with E-state index in [4.69, 9.17) is 4.74 Å². The van der Waals surface area contributed by atoms with E-state index in [0.717, 1.165) is 25.7 Å². The summed E-state index contributed by atoms with van der Waals surface area (Å²) in [6.07, 6.45) is 4.66. The van der Waals surface area contributed by atoms with Crippen LogP contribution in [0.1, 0.15) is 56.3 Å². The number of aliphatic hydroxyl groups is 1. The summed E-state index contributed by atoms with van der Waals surface area (Å²) in [6.45, 7) is 3.94. The minimum absolute atomic E-state index is 0.0838. The van der Waals surface area contributed by atoms with Crippen molar-refractivity contribution in [1.29, 1.82) is 0 Å². The van der Waals surface area contributed by atoms with Crippen molar-refractivity contribution in [2.24, 2.45) is 11.8 Å². The van der Waals surface area contributed by atoms with Gasteiger partial charge in [-0.25, -0.2) is 4.79 Å². The molecule has 1 fully saturated rings. The SMILES string of the molecule is CC(C)[C@H](O)[C@@H](OC(=O)c1ccccc1)C1CCCCC1. The van der Waals surface area contributed by atoms with E-state index >= 15 is 0 Å². The van der Waals surface area contributed by atoms with Crippen LogP contribution in [0.4, 0.5) is 0 Å². The molecule has 0 heterocycles. The van der Waals surface area contributed by atoms with Gasteiger partial charge in [-0.1, -0.05) is 51.3 Å². The number of benzene rings is 1. The third-order valence-electron chi connectivity index (χ3n) is 4.39. The van der Waals surface area contributed by atoms with Gasteiger partial charge in [-0.3, -0.25) is 0 Å². The molecule has 116 valence electrons.